The predicted molar refractivity (Wildman–Crippen MR) is 88.4 cm³/mol. The molecule has 2 fully saturated rings. The van der Waals surface area contributed by atoms with E-state index in [0.29, 0.717) is 31.4 Å². The molecule has 1 saturated carbocycles. The number of rotatable bonds is 5. The summed E-state index contributed by atoms with van der Waals surface area (Å²) in [5.74, 6) is -0.904. The van der Waals surface area contributed by atoms with Crippen LogP contribution < -0.4 is 0 Å². The smallest absolute Gasteiger partial charge is 0.416 e. The fourth-order valence-corrected chi connectivity index (χ4v) is 4.33. The molecule has 1 aromatic carbocycles. The number of carboxylic acid groups (broad SMARTS) is 1. The Bertz CT molecular complexity index is 704. The average Bonchev–Trinajstić information content (AvgIpc) is 3.12. The molecule has 0 aromatic heterocycles. The molecule has 2 atom stereocenters. The van der Waals surface area contributed by atoms with Crippen LogP contribution in [0.15, 0.2) is 24.3 Å². The van der Waals surface area contributed by atoms with Gasteiger partial charge in [0, 0.05) is 19.5 Å². The molecule has 26 heavy (non-hydrogen) atoms. The number of carbonyl (C=O) groups excluding carboxylic acids is 1. The fraction of sp³-hybridized carbons (Fsp3) is 0.579. The van der Waals surface area contributed by atoms with E-state index < -0.39 is 23.1 Å². The highest BCUT2D eigenvalue weighted by Crippen LogP contribution is 2.49. The second-order valence-corrected chi connectivity index (χ2v) is 7.38. The summed E-state index contributed by atoms with van der Waals surface area (Å²) in [5.41, 5.74) is -0.929. The maximum Gasteiger partial charge on any atom is 0.416 e. The predicted octanol–water partition coefficient (Wildman–Crippen LogP) is 3.74. The number of carboxylic acids is 1. The van der Waals surface area contributed by atoms with Crippen LogP contribution in [0.4, 0.5) is 13.2 Å². The number of alkyl halides is 3. The third-order valence-electron chi connectivity index (χ3n) is 5.76. The van der Waals surface area contributed by atoms with E-state index in [-0.39, 0.29) is 24.8 Å². The Labute approximate surface area is 150 Å². The summed E-state index contributed by atoms with van der Waals surface area (Å²) in [5, 5.41) is 9.56. The Morgan fingerprint density at radius 3 is 2.73 bits per heavy atom. The van der Waals surface area contributed by atoms with E-state index >= 15 is 0 Å². The van der Waals surface area contributed by atoms with Crippen molar-refractivity contribution >= 4 is 11.9 Å². The first-order chi connectivity index (χ1) is 12.2. The molecule has 2 aliphatic rings. The zero-order valence-electron chi connectivity index (χ0n) is 14.4. The van der Waals surface area contributed by atoms with Crippen LogP contribution in [0.3, 0.4) is 0 Å². The zero-order chi connectivity index (χ0) is 18.9. The van der Waals surface area contributed by atoms with Gasteiger partial charge in [-0.3, -0.25) is 9.59 Å². The van der Waals surface area contributed by atoms with E-state index in [1.165, 1.54) is 6.07 Å². The summed E-state index contributed by atoms with van der Waals surface area (Å²) in [7, 11) is 0. The summed E-state index contributed by atoms with van der Waals surface area (Å²) in [6, 6.07) is 5.14. The largest absolute Gasteiger partial charge is 0.481 e. The minimum Gasteiger partial charge on any atom is -0.481 e. The van der Waals surface area contributed by atoms with Crippen LogP contribution in [0.2, 0.25) is 0 Å². The number of hydrogen-bond acceptors (Lipinski definition) is 2. The molecule has 0 unspecified atom stereocenters. The van der Waals surface area contributed by atoms with Gasteiger partial charge < -0.3 is 10.0 Å². The van der Waals surface area contributed by atoms with Gasteiger partial charge in [-0.2, -0.15) is 13.2 Å². The Morgan fingerprint density at radius 1 is 1.31 bits per heavy atom. The molecule has 1 aliphatic carbocycles. The average molecular weight is 369 g/mol. The van der Waals surface area contributed by atoms with E-state index in [9.17, 15) is 27.9 Å². The van der Waals surface area contributed by atoms with Crippen molar-refractivity contribution in [2.75, 3.05) is 13.1 Å². The highest BCUT2D eigenvalue weighted by Gasteiger charge is 2.55. The Hall–Kier alpha value is -2.05. The number of likely N-dealkylation sites (tertiary alicyclic amines) is 1. The first-order valence-electron chi connectivity index (χ1n) is 8.90. The molecule has 1 saturated heterocycles. The number of aryl methyl sites for hydroxylation is 1. The van der Waals surface area contributed by atoms with Gasteiger partial charge in [-0.1, -0.05) is 24.6 Å². The quantitative estimate of drug-likeness (QED) is 0.860. The molecule has 3 rings (SSSR count). The minimum atomic E-state index is -4.37. The molecule has 1 aliphatic heterocycles. The van der Waals surface area contributed by atoms with Crippen molar-refractivity contribution in [2.24, 2.45) is 11.3 Å². The number of fused-ring (bicyclic) bond motifs is 1. The molecular formula is C19H22F3NO3. The SMILES string of the molecule is O=C(CCCc1cccc(C(F)(F)F)c1)N1C[C@@H]2CCC[C@@]2(C(=O)O)C1. The number of hydrogen-bond donors (Lipinski definition) is 1. The highest BCUT2D eigenvalue weighted by molar-refractivity contribution is 5.81. The Balaban J connectivity index is 1.53. The van der Waals surface area contributed by atoms with Gasteiger partial charge in [-0.05, 0) is 43.2 Å². The normalized spacial score (nSPS) is 25.3. The van der Waals surface area contributed by atoms with Crippen LogP contribution in [-0.2, 0) is 22.2 Å². The van der Waals surface area contributed by atoms with Crippen LogP contribution in [-0.4, -0.2) is 35.0 Å². The lowest BCUT2D eigenvalue weighted by atomic mass is 9.81. The monoisotopic (exact) mass is 369 g/mol. The van der Waals surface area contributed by atoms with E-state index in [4.69, 9.17) is 0 Å². The summed E-state index contributed by atoms with van der Waals surface area (Å²) < 4.78 is 38.2. The number of halogens is 3. The van der Waals surface area contributed by atoms with Gasteiger partial charge in [0.25, 0.3) is 0 Å². The second kappa shape index (κ2) is 6.93. The zero-order valence-corrected chi connectivity index (χ0v) is 14.4. The lowest BCUT2D eigenvalue weighted by molar-refractivity contribution is -0.149. The van der Waals surface area contributed by atoms with Crippen LogP contribution in [0.1, 0.15) is 43.2 Å². The summed E-state index contributed by atoms with van der Waals surface area (Å²) in [6.45, 7) is 0.740. The third kappa shape index (κ3) is 3.57. The maximum absolute atomic E-state index is 12.7. The molecule has 142 valence electrons. The van der Waals surface area contributed by atoms with Crippen molar-refractivity contribution in [1.82, 2.24) is 4.90 Å². The first-order valence-corrected chi connectivity index (χ1v) is 8.90. The Kier molecular flexibility index (Phi) is 4.99. The highest BCUT2D eigenvalue weighted by atomic mass is 19.4. The molecule has 7 heteroatoms. The van der Waals surface area contributed by atoms with Crippen molar-refractivity contribution in [3.05, 3.63) is 35.4 Å². The second-order valence-electron chi connectivity index (χ2n) is 7.38. The van der Waals surface area contributed by atoms with Crippen molar-refractivity contribution < 1.29 is 27.9 Å². The van der Waals surface area contributed by atoms with Crippen molar-refractivity contribution in [3.63, 3.8) is 0 Å². The van der Waals surface area contributed by atoms with Crippen molar-refractivity contribution in [2.45, 2.75) is 44.7 Å². The number of carbonyl (C=O) groups is 2. The topological polar surface area (TPSA) is 57.6 Å². The molecule has 0 spiro atoms. The van der Waals surface area contributed by atoms with Crippen molar-refractivity contribution in [3.8, 4) is 0 Å². The lowest BCUT2D eigenvalue weighted by Gasteiger charge is -2.23. The van der Waals surface area contributed by atoms with Crippen molar-refractivity contribution in [1.29, 1.82) is 0 Å². The summed E-state index contributed by atoms with van der Waals surface area (Å²) in [6.07, 6.45) is -0.989. The lowest BCUT2D eigenvalue weighted by Crippen LogP contribution is -2.37. The number of aliphatic carboxylic acids is 1. The molecule has 1 amide bonds. The standard InChI is InChI=1S/C19H22F3NO3/c20-19(21,22)14-6-1-4-13(10-14)5-2-8-16(24)23-11-15-7-3-9-18(15,12-23)17(25)26/h1,4,6,10,15H,2-3,5,7-9,11-12H2,(H,25,26)/t15-,18+/m0/s1. The van der Waals surface area contributed by atoms with Crippen LogP contribution >= 0.6 is 0 Å². The summed E-state index contributed by atoms with van der Waals surface area (Å²) >= 11 is 0. The van der Waals surface area contributed by atoms with E-state index in [1.807, 2.05) is 0 Å². The van der Waals surface area contributed by atoms with Crippen LogP contribution in [0.25, 0.3) is 0 Å². The van der Waals surface area contributed by atoms with Crippen LogP contribution in [0, 0.1) is 11.3 Å². The van der Waals surface area contributed by atoms with E-state index in [2.05, 4.69) is 0 Å². The summed E-state index contributed by atoms with van der Waals surface area (Å²) in [4.78, 5) is 25.7. The van der Waals surface area contributed by atoms with Gasteiger partial charge >= 0.3 is 12.1 Å². The van der Waals surface area contributed by atoms with Gasteiger partial charge in [0.15, 0.2) is 0 Å². The van der Waals surface area contributed by atoms with Gasteiger partial charge in [-0.25, -0.2) is 0 Å². The molecule has 0 bridgehead atoms. The Morgan fingerprint density at radius 2 is 2.08 bits per heavy atom. The molecule has 0 radical (unpaired) electrons. The number of nitrogens with zero attached hydrogens (tertiary/aromatic N) is 1. The molecular weight excluding hydrogens is 347 g/mol. The molecule has 1 aromatic rings. The van der Waals surface area contributed by atoms with E-state index in [0.717, 1.165) is 25.0 Å². The van der Waals surface area contributed by atoms with Gasteiger partial charge in [0.2, 0.25) is 5.91 Å². The van der Waals surface area contributed by atoms with Gasteiger partial charge in [-0.15, -0.1) is 0 Å². The fourth-order valence-electron chi connectivity index (χ4n) is 4.33. The third-order valence-corrected chi connectivity index (χ3v) is 5.76. The number of amides is 1. The maximum atomic E-state index is 12.7. The minimum absolute atomic E-state index is 0.0208. The molecule has 1 N–H and O–H groups in total. The van der Waals surface area contributed by atoms with E-state index in [1.54, 1.807) is 11.0 Å². The van der Waals surface area contributed by atoms with Gasteiger partial charge in [0.05, 0.1) is 11.0 Å². The first kappa shape index (κ1) is 18.7. The van der Waals surface area contributed by atoms with Gasteiger partial charge in [0.1, 0.15) is 0 Å². The van der Waals surface area contributed by atoms with Crippen LogP contribution in [0.5, 0.6) is 0 Å². The molecule has 4 nitrogen and oxygen atoms in total. The number of benzene rings is 1. The molecule has 1 heterocycles.